The van der Waals surface area contributed by atoms with Crippen molar-refractivity contribution in [2.45, 2.75) is 0 Å². The van der Waals surface area contributed by atoms with E-state index in [1.54, 1.807) is 0 Å². The lowest BCUT2D eigenvalue weighted by Gasteiger charge is -2.14. The number of thiophene rings is 1. The lowest BCUT2D eigenvalue weighted by molar-refractivity contribution is 1.80. The lowest BCUT2D eigenvalue weighted by atomic mass is 9.88. The van der Waals surface area contributed by atoms with E-state index in [0.717, 1.165) is 0 Å². The van der Waals surface area contributed by atoms with Gasteiger partial charge in [-0.15, -0.1) is 11.3 Å². The Bertz CT molecular complexity index is 1750. The summed E-state index contributed by atoms with van der Waals surface area (Å²) in [5.74, 6) is 0. The average Bonchev–Trinajstić information content (AvgIpc) is 3.19. The third-order valence-corrected chi connectivity index (χ3v) is 7.42. The van der Waals surface area contributed by atoms with Gasteiger partial charge in [0.25, 0.3) is 0 Å². The first-order chi connectivity index (χ1) is 14.4. The first kappa shape index (κ1) is 15.5. The monoisotopic (exact) mass is 384 g/mol. The van der Waals surface area contributed by atoms with Crippen LogP contribution in [0.15, 0.2) is 97.1 Å². The van der Waals surface area contributed by atoms with Crippen LogP contribution in [0.3, 0.4) is 0 Å². The van der Waals surface area contributed by atoms with E-state index >= 15 is 0 Å². The Labute approximate surface area is 171 Å². The standard InChI is InChI=1S/C28H16S/c1-3-11-19-17(9-1)18-10-2-4-12-20(18)26-25(19)21-13-5-6-14-22(21)28-27(26)23-15-7-8-16-24(23)29-28/h1-16H. The Hall–Kier alpha value is -3.42. The van der Waals surface area contributed by atoms with Gasteiger partial charge in [0.1, 0.15) is 0 Å². The van der Waals surface area contributed by atoms with Crippen molar-refractivity contribution in [1.82, 2.24) is 0 Å². The highest BCUT2D eigenvalue weighted by molar-refractivity contribution is 7.27. The molecule has 0 aliphatic rings. The maximum atomic E-state index is 2.30. The second-order valence-electron chi connectivity index (χ2n) is 7.69. The quantitative estimate of drug-likeness (QED) is 0.229. The van der Waals surface area contributed by atoms with Gasteiger partial charge in [0, 0.05) is 30.9 Å². The Kier molecular flexibility index (Phi) is 2.97. The van der Waals surface area contributed by atoms with Crippen molar-refractivity contribution in [2.24, 2.45) is 0 Å². The van der Waals surface area contributed by atoms with Gasteiger partial charge in [-0.3, -0.25) is 0 Å². The van der Waals surface area contributed by atoms with Crippen molar-refractivity contribution in [3.63, 3.8) is 0 Å². The van der Waals surface area contributed by atoms with Crippen LogP contribution < -0.4 is 0 Å². The van der Waals surface area contributed by atoms with E-state index in [2.05, 4.69) is 97.1 Å². The molecular formula is C28H16S. The molecule has 1 aromatic heterocycles. The van der Waals surface area contributed by atoms with Crippen LogP contribution in [-0.4, -0.2) is 0 Å². The molecular weight excluding hydrogens is 368 g/mol. The number of benzene rings is 6. The second kappa shape index (κ2) is 5.56. The molecule has 0 atom stereocenters. The smallest absolute Gasteiger partial charge is 0.0440 e. The molecule has 1 heteroatoms. The third-order valence-electron chi connectivity index (χ3n) is 6.22. The van der Waals surface area contributed by atoms with Crippen molar-refractivity contribution < 1.29 is 0 Å². The maximum absolute atomic E-state index is 2.30. The van der Waals surface area contributed by atoms with Gasteiger partial charge < -0.3 is 0 Å². The van der Waals surface area contributed by atoms with Crippen LogP contribution in [0, 0.1) is 0 Å². The summed E-state index contributed by atoms with van der Waals surface area (Å²) in [6.45, 7) is 0. The van der Waals surface area contributed by atoms with E-state index in [9.17, 15) is 0 Å². The van der Waals surface area contributed by atoms with Gasteiger partial charge in [0.2, 0.25) is 0 Å². The van der Waals surface area contributed by atoms with Gasteiger partial charge in [0.15, 0.2) is 0 Å². The minimum absolute atomic E-state index is 1.33. The minimum Gasteiger partial charge on any atom is -0.135 e. The fourth-order valence-electron chi connectivity index (χ4n) is 5.06. The van der Waals surface area contributed by atoms with Gasteiger partial charge in [-0.2, -0.15) is 0 Å². The van der Waals surface area contributed by atoms with E-state index in [1.165, 1.54) is 63.3 Å². The molecule has 0 amide bonds. The molecule has 0 unspecified atom stereocenters. The molecule has 0 saturated heterocycles. The highest BCUT2D eigenvalue weighted by Gasteiger charge is 2.18. The molecule has 7 rings (SSSR count). The fourth-order valence-corrected chi connectivity index (χ4v) is 6.31. The predicted molar refractivity (Wildman–Crippen MR) is 129 cm³/mol. The van der Waals surface area contributed by atoms with Crippen LogP contribution >= 0.6 is 11.3 Å². The Morgan fingerprint density at radius 1 is 0.345 bits per heavy atom. The van der Waals surface area contributed by atoms with Gasteiger partial charge in [-0.05, 0) is 38.4 Å². The summed E-state index contributed by atoms with van der Waals surface area (Å²) in [7, 11) is 0. The second-order valence-corrected chi connectivity index (χ2v) is 8.74. The zero-order valence-electron chi connectivity index (χ0n) is 15.6. The number of fused-ring (bicyclic) bond motifs is 13. The van der Waals surface area contributed by atoms with Gasteiger partial charge in [0.05, 0.1) is 0 Å². The zero-order chi connectivity index (χ0) is 18.9. The normalized spacial score (nSPS) is 12.1. The molecule has 0 bridgehead atoms. The van der Waals surface area contributed by atoms with Crippen molar-refractivity contribution in [3.8, 4) is 0 Å². The summed E-state index contributed by atoms with van der Waals surface area (Å²) in [6, 6.07) is 35.5. The molecule has 0 aliphatic carbocycles. The molecule has 0 saturated carbocycles. The molecule has 1 heterocycles. The van der Waals surface area contributed by atoms with Crippen LogP contribution in [0.4, 0.5) is 0 Å². The van der Waals surface area contributed by atoms with E-state index in [1.807, 2.05) is 11.3 Å². The molecule has 7 aromatic rings. The van der Waals surface area contributed by atoms with Crippen LogP contribution in [0.1, 0.15) is 0 Å². The minimum atomic E-state index is 1.33. The summed E-state index contributed by atoms with van der Waals surface area (Å²) < 4.78 is 2.76. The Morgan fingerprint density at radius 2 is 0.793 bits per heavy atom. The average molecular weight is 385 g/mol. The Morgan fingerprint density at radius 3 is 1.45 bits per heavy atom. The molecule has 0 fully saturated rings. The fraction of sp³-hybridized carbons (Fsp3) is 0. The number of hydrogen-bond donors (Lipinski definition) is 0. The predicted octanol–water partition coefficient (Wildman–Crippen LogP) is 8.67. The summed E-state index contributed by atoms with van der Waals surface area (Å²) in [4.78, 5) is 0. The zero-order valence-corrected chi connectivity index (χ0v) is 16.5. The molecule has 0 nitrogen and oxygen atoms in total. The summed E-state index contributed by atoms with van der Waals surface area (Å²) in [5.41, 5.74) is 0. The van der Waals surface area contributed by atoms with Crippen molar-refractivity contribution in [3.05, 3.63) is 97.1 Å². The topological polar surface area (TPSA) is 0 Å². The third kappa shape index (κ3) is 1.93. The van der Waals surface area contributed by atoms with E-state index in [0.29, 0.717) is 0 Å². The van der Waals surface area contributed by atoms with Crippen LogP contribution in [0.5, 0.6) is 0 Å². The number of hydrogen-bond acceptors (Lipinski definition) is 1. The Balaban J connectivity index is 2.00. The molecule has 29 heavy (non-hydrogen) atoms. The van der Waals surface area contributed by atoms with E-state index in [4.69, 9.17) is 0 Å². The van der Waals surface area contributed by atoms with Gasteiger partial charge in [-0.25, -0.2) is 0 Å². The summed E-state index contributed by atoms with van der Waals surface area (Å²) in [5, 5.41) is 13.6. The van der Waals surface area contributed by atoms with Gasteiger partial charge in [-0.1, -0.05) is 91.0 Å². The van der Waals surface area contributed by atoms with Crippen molar-refractivity contribution in [1.29, 1.82) is 0 Å². The lowest BCUT2D eigenvalue weighted by Crippen LogP contribution is -1.86. The molecule has 0 radical (unpaired) electrons. The van der Waals surface area contributed by atoms with E-state index < -0.39 is 0 Å². The number of rotatable bonds is 0. The maximum Gasteiger partial charge on any atom is 0.0440 e. The van der Waals surface area contributed by atoms with Crippen LogP contribution in [0.2, 0.25) is 0 Å². The van der Waals surface area contributed by atoms with Crippen LogP contribution in [0.25, 0.3) is 63.3 Å². The first-order valence-electron chi connectivity index (χ1n) is 9.97. The van der Waals surface area contributed by atoms with E-state index in [-0.39, 0.29) is 0 Å². The molecule has 0 aliphatic heterocycles. The molecule has 134 valence electrons. The van der Waals surface area contributed by atoms with Gasteiger partial charge >= 0.3 is 0 Å². The summed E-state index contributed by atoms with van der Waals surface area (Å²) >= 11 is 1.92. The highest BCUT2D eigenvalue weighted by atomic mass is 32.1. The highest BCUT2D eigenvalue weighted by Crippen LogP contribution is 2.48. The van der Waals surface area contributed by atoms with Crippen LogP contribution in [-0.2, 0) is 0 Å². The molecule has 0 N–H and O–H groups in total. The van der Waals surface area contributed by atoms with Crippen molar-refractivity contribution in [2.75, 3.05) is 0 Å². The molecule has 0 spiro atoms. The first-order valence-corrected chi connectivity index (χ1v) is 10.8. The summed E-state index contributed by atoms with van der Waals surface area (Å²) in [6.07, 6.45) is 0. The largest absolute Gasteiger partial charge is 0.135 e. The SMILES string of the molecule is c1ccc2c(c1)sc1c3ccccc3c3c4ccccc4c4ccccc4c3c21. The van der Waals surface area contributed by atoms with Crippen molar-refractivity contribution >= 4 is 74.6 Å². The molecule has 6 aromatic carbocycles.